The number of ether oxygens (including phenoxy) is 1. The maximum atomic E-state index is 11.5. The predicted molar refractivity (Wildman–Crippen MR) is 56.0 cm³/mol. The van der Waals surface area contributed by atoms with Crippen LogP contribution in [0.15, 0.2) is 11.3 Å². The molecule has 0 amide bonds. The second-order valence-corrected chi connectivity index (χ2v) is 4.42. The molecule has 3 heteroatoms. The number of hydrogen-bond donors (Lipinski definition) is 1. The highest BCUT2D eigenvalue weighted by molar-refractivity contribution is 5.97. The predicted octanol–water partition coefficient (Wildman–Crippen LogP) is 2.15. The van der Waals surface area contributed by atoms with Crippen LogP contribution in [0, 0.1) is 5.92 Å². The van der Waals surface area contributed by atoms with Crippen molar-refractivity contribution in [2.75, 3.05) is 0 Å². The van der Waals surface area contributed by atoms with Gasteiger partial charge in [0.05, 0.1) is 0 Å². The first-order valence-electron chi connectivity index (χ1n) is 5.83. The van der Waals surface area contributed by atoms with Crippen molar-refractivity contribution in [2.45, 2.75) is 51.7 Å². The molecule has 2 atom stereocenters. The van der Waals surface area contributed by atoms with Gasteiger partial charge in [-0.25, -0.2) is 0 Å². The number of allylic oxidation sites excluding steroid dienone is 2. The van der Waals surface area contributed by atoms with Crippen molar-refractivity contribution in [3.63, 3.8) is 0 Å². The summed E-state index contributed by atoms with van der Waals surface area (Å²) in [6.07, 6.45) is 4.68. The van der Waals surface area contributed by atoms with Crippen molar-refractivity contribution in [1.29, 1.82) is 0 Å². The maximum Gasteiger partial charge on any atom is 0.198 e. The van der Waals surface area contributed by atoms with Gasteiger partial charge in [-0.1, -0.05) is 19.8 Å². The standard InChI is InChI=1S/C12H18O3/c1-2-3-4-8-7-11(14)15-12-9(8)5-6-10(12)13/h8,11,14H,2-7H2,1H3/t8-,11+/m1/s1. The quantitative estimate of drug-likeness (QED) is 0.776. The van der Waals surface area contributed by atoms with E-state index in [0.717, 1.165) is 25.7 Å². The number of aliphatic hydroxyl groups excluding tert-OH is 1. The molecule has 1 aliphatic carbocycles. The Hall–Kier alpha value is -0.830. The van der Waals surface area contributed by atoms with Gasteiger partial charge in [-0.05, 0) is 24.3 Å². The molecule has 15 heavy (non-hydrogen) atoms. The van der Waals surface area contributed by atoms with Gasteiger partial charge >= 0.3 is 0 Å². The fraction of sp³-hybridized carbons (Fsp3) is 0.750. The molecule has 0 radical (unpaired) electrons. The van der Waals surface area contributed by atoms with Crippen LogP contribution >= 0.6 is 0 Å². The summed E-state index contributed by atoms with van der Waals surface area (Å²) in [4.78, 5) is 11.5. The molecule has 2 aliphatic rings. The first kappa shape index (κ1) is 10.7. The molecular weight excluding hydrogens is 192 g/mol. The summed E-state index contributed by atoms with van der Waals surface area (Å²) in [6, 6.07) is 0. The summed E-state index contributed by atoms with van der Waals surface area (Å²) >= 11 is 0. The summed E-state index contributed by atoms with van der Waals surface area (Å²) in [5.41, 5.74) is 1.17. The molecule has 2 rings (SSSR count). The minimum absolute atomic E-state index is 0.0743. The first-order valence-corrected chi connectivity index (χ1v) is 5.83. The average Bonchev–Trinajstić information content (AvgIpc) is 2.57. The van der Waals surface area contributed by atoms with Gasteiger partial charge < -0.3 is 9.84 Å². The molecule has 0 unspecified atom stereocenters. The van der Waals surface area contributed by atoms with E-state index < -0.39 is 6.29 Å². The Labute approximate surface area is 90.1 Å². The topological polar surface area (TPSA) is 46.5 Å². The van der Waals surface area contributed by atoms with Crippen LogP contribution in [-0.4, -0.2) is 17.2 Å². The largest absolute Gasteiger partial charge is 0.461 e. The Morgan fingerprint density at radius 3 is 3.00 bits per heavy atom. The fourth-order valence-electron chi connectivity index (χ4n) is 2.50. The zero-order valence-electron chi connectivity index (χ0n) is 9.16. The van der Waals surface area contributed by atoms with E-state index in [2.05, 4.69) is 6.92 Å². The van der Waals surface area contributed by atoms with Gasteiger partial charge in [-0.15, -0.1) is 0 Å². The van der Waals surface area contributed by atoms with Gasteiger partial charge in [0.15, 0.2) is 17.8 Å². The number of hydrogen-bond acceptors (Lipinski definition) is 3. The third-order valence-electron chi connectivity index (χ3n) is 3.31. The van der Waals surface area contributed by atoms with Gasteiger partial charge in [0.2, 0.25) is 0 Å². The van der Waals surface area contributed by atoms with Crippen molar-refractivity contribution < 1.29 is 14.6 Å². The number of aliphatic hydroxyl groups is 1. The molecule has 0 aromatic heterocycles. The third-order valence-corrected chi connectivity index (χ3v) is 3.31. The van der Waals surface area contributed by atoms with Crippen LogP contribution in [0.25, 0.3) is 0 Å². The van der Waals surface area contributed by atoms with Crippen LogP contribution in [-0.2, 0) is 9.53 Å². The smallest absolute Gasteiger partial charge is 0.198 e. The van der Waals surface area contributed by atoms with Crippen LogP contribution in [0.4, 0.5) is 0 Å². The zero-order valence-corrected chi connectivity index (χ0v) is 9.16. The summed E-state index contributed by atoms with van der Waals surface area (Å²) < 4.78 is 5.22. The molecule has 0 aromatic carbocycles. The van der Waals surface area contributed by atoms with Gasteiger partial charge in [0, 0.05) is 12.8 Å². The lowest BCUT2D eigenvalue weighted by Crippen LogP contribution is -2.25. The van der Waals surface area contributed by atoms with E-state index >= 15 is 0 Å². The van der Waals surface area contributed by atoms with Crippen LogP contribution in [0.3, 0.4) is 0 Å². The Kier molecular flexibility index (Phi) is 3.10. The average molecular weight is 210 g/mol. The fourth-order valence-corrected chi connectivity index (χ4v) is 2.50. The molecule has 1 heterocycles. The van der Waals surface area contributed by atoms with E-state index in [1.165, 1.54) is 5.57 Å². The van der Waals surface area contributed by atoms with E-state index in [9.17, 15) is 9.90 Å². The third kappa shape index (κ3) is 2.07. The number of Topliss-reactive ketones (excluding diaryl/α,β-unsaturated/α-hetero) is 1. The molecule has 0 bridgehead atoms. The van der Waals surface area contributed by atoms with Gasteiger partial charge in [0.1, 0.15) is 0 Å². The van der Waals surface area contributed by atoms with E-state index in [0.29, 0.717) is 24.5 Å². The van der Waals surface area contributed by atoms with Crippen molar-refractivity contribution >= 4 is 5.78 Å². The summed E-state index contributed by atoms with van der Waals surface area (Å²) in [7, 11) is 0. The van der Waals surface area contributed by atoms with E-state index in [-0.39, 0.29) is 5.78 Å². The monoisotopic (exact) mass is 210 g/mol. The van der Waals surface area contributed by atoms with Crippen LogP contribution < -0.4 is 0 Å². The molecule has 84 valence electrons. The lowest BCUT2D eigenvalue weighted by molar-refractivity contribution is -0.129. The zero-order chi connectivity index (χ0) is 10.8. The summed E-state index contributed by atoms with van der Waals surface area (Å²) in [6.45, 7) is 2.16. The minimum Gasteiger partial charge on any atom is -0.461 e. The van der Waals surface area contributed by atoms with Crippen molar-refractivity contribution in [1.82, 2.24) is 0 Å². The molecule has 0 saturated heterocycles. The van der Waals surface area contributed by atoms with Crippen LogP contribution in [0.5, 0.6) is 0 Å². The van der Waals surface area contributed by atoms with Crippen molar-refractivity contribution in [3.8, 4) is 0 Å². The molecular formula is C12H18O3. The number of carbonyl (C=O) groups excluding carboxylic acids is 1. The number of rotatable bonds is 3. The molecule has 0 saturated carbocycles. The highest BCUT2D eigenvalue weighted by Gasteiger charge is 2.36. The molecule has 0 fully saturated rings. The molecule has 0 spiro atoms. The second kappa shape index (κ2) is 4.35. The van der Waals surface area contributed by atoms with E-state index in [4.69, 9.17) is 4.74 Å². The SMILES string of the molecule is CCCC[C@@H]1C[C@@H](O)OC2=C1CCC2=O. The number of carbonyl (C=O) groups is 1. The Morgan fingerprint density at radius 2 is 2.27 bits per heavy atom. The van der Waals surface area contributed by atoms with E-state index in [1.807, 2.05) is 0 Å². The Balaban J connectivity index is 2.13. The highest BCUT2D eigenvalue weighted by atomic mass is 16.6. The molecule has 0 aromatic rings. The lowest BCUT2D eigenvalue weighted by Gasteiger charge is -2.28. The number of unbranched alkanes of at least 4 members (excludes halogenated alkanes) is 1. The first-order chi connectivity index (χ1) is 7.22. The summed E-state index contributed by atoms with van der Waals surface area (Å²) in [5, 5.41) is 9.54. The Morgan fingerprint density at radius 1 is 1.47 bits per heavy atom. The second-order valence-electron chi connectivity index (χ2n) is 4.42. The van der Waals surface area contributed by atoms with Gasteiger partial charge in [-0.3, -0.25) is 4.79 Å². The van der Waals surface area contributed by atoms with Crippen molar-refractivity contribution in [3.05, 3.63) is 11.3 Å². The van der Waals surface area contributed by atoms with Crippen LogP contribution in [0.2, 0.25) is 0 Å². The molecule has 1 aliphatic heterocycles. The lowest BCUT2D eigenvalue weighted by atomic mass is 9.88. The Bertz CT molecular complexity index is 293. The number of ketones is 1. The maximum absolute atomic E-state index is 11.5. The normalized spacial score (nSPS) is 30.4. The molecule has 1 N–H and O–H groups in total. The van der Waals surface area contributed by atoms with Crippen molar-refractivity contribution in [2.24, 2.45) is 5.92 Å². The molecule has 3 nitrogen and oxygen atoms in total. The summed E-state index contributed by atoms with van der Waals surface area (Å²) in [5.74, 6) is 0.926. The highest BCUT2D eigenvalue weighted by Crippen LogP contribution is 2.39. The minimum atomic E-state index is -0.771. The van der Waals surface area contributed by atoms with Crippen LogP contribution in [0.1, 0.15) is 45.4 Å². The van der Waals surface area contributed by atoms with Gasteiger partial charge in [-0.2, -0.15) is 0 Å². The van der Waals surface area contributed by atoms with Gasteiger partial charge in [0.25, 0.3) is 0 Å². The van der Waals surface area contributed by atoms with E-state index in [1.54, 1.807) is 0 Å².